The summed E-state index contributed by atoms with van der Waals surface area (Å²) in [7, 11) is 2.99. The Morgan fingerprint density at radius 2 is 2.00 bits per heavy atom. The van der Waals surface area contributed by atoms with Crippen molar-refractivity contribution in [2.45, 2.75) is 12.5 Å². The fourth-order valence-corrected chi connectivity index (χ4v) is 3.13. The number of carbonyl (C=O) groups excluding carboxylic acids is 1. The van der Waals surface area contributed by atoms with Gasteiger partial charge in [-0.05, 0) is 24.3 Å². The van der Waals surface area contributed by atoms with E-state index < -0.39 is 17.9 Å². The van der Waals surface area contributed by atoms with E-state index in [2.05, 4.69) is 5.32 Å². The van der Waals surface area contributed by atoms with Crippen LogP contribution in [0, 0.1) is 0 Å². The van der Waals surface area contributed by atoms with E-state index in [1.807, 2.05) is 0 Å². The summed E-state index contributed by atoms with van der Waals surface area (Å²) < 4.78 is 10.9. The first-order valence-electron chi connectivity index (χ1n) is 6.94. The van der Waals surface area contributed by atoms with Gasteiger partial charge >= 0.3 is 5.97 Å². The average molecular weight is 370 g/mol. The SMILES string of the molecule is COc1ccc(C(CC(=O)O)NC(=O)c2ccc(Cl)s2)c(OC)c1. The molecule has 0 saturated heterocycles. The second-order valence-corrected chi connectivity index (χ2v) is 6.55. The molecule has 6 nitrogen and oxygen atoms in total. The number of halogens is 1. The molecule has 1 heterocycles. The molecule has 2 rings (SSSR count). The number of carboxylic acids is 1. The Labute approximate surface area is 148 Å². The molecule has 0 aliphatic heterocycles. The summed E-state index contributed by atoms with van der Waals surface area (Å²) in [5.41, 5.74) is 0.553. The fraction of sp³-hybridized carbons (Fsp3) is 0.250. The van der Waals surface area contributed by atoms with E-state index in [4.69, 9.17) is 26.2 Å². The lowest BCUT2D eigenvalue weighted by Gasteiger charge is -2.20. The van der Waals surface area contributed by atoms with Gasteiger partial charge in [0.2, 0.25) is 0 Å². The molecule has 24 heavy (non-hydrogen) atoms. The molecular weight excluding hydrogens is 354 g/mol. The molecule has 128 valence electrons. The maximum absolute atomic E-state index is 12.3. The van der Waals surface area contributed by atoms with Crippen LogP contribution in [0.1, 0.15) is 27.7 Å². The van der Waals surface area contributed by atoms with Crippen LogP contribution in [-0.2, 0) is 4.79 Å². The quantitative estimate of drug-likeness (QED) is 0.781. The van der Waals surface area contributed by atoms with Gasteiger partial charge in [-0.15, -0.1) is 11.3 Å². The van der Waals surface area contributed by atoms with Gasteiger partial charge in [-0.1, -0.05) is 11.6 Å². The summed E-state index contributed by atoms with van der Waals surface area (Å²) in [6.45, 7) is 0. The van der Waals surface area contributed by atoms with E-state index in [0.29, 0.717) is 26.3 Å². The Bertz CT molecular complexity index is 746. The number of amides is 1. The molecule has 1 aromatic carbocycles. The van der Waals surface area contributed by atoms with Crippen LogP contribution in [0.5, 0.6) is 11.5 Å². The summed E-state index contributed by atoms with van der Waals surface area (Å²) in [6, 6.07) is 7.44. The van der Waals surface area contributed by atoms with Crippen molar-refractivity contribution in [1.29, 1.82) is 0 Å². The molecule has 8 heteroatoms. The van der Waals surface area contributed by atoms with Crippen LogP contribution in [-0.4, -0.2) is 31.2 Å². The average Bonchev–Trinajstić information content (AvgIpc) is 2.99. The summed E-state index contributed by atoms with van der Waals surface area (Å²) >= 11 is 6.96. The number of rotatable bonds is 7. The maximum atomic E-state index is 12.3. The second-order valence-electron chi connectivity index (χ2n) is 4.84. The Morgan fingerprint density at radius 1 is 1.25 bits per heavy atom. The van der Waals surface area contributed by atoms with E-state index in [1.54, 1.807) is 30.3 Å². The van der Waals surface area contributed by atoms with Crippen LogP contribution in [0.2, 0.25) is 4.34 Å². The number of hydrogen-bond acceptors (Lipinski definition) is 5. The third kappa shape index (κ3) is 4.39. The second kappa shape index (κ2) is 8.03. The normalized spacial score (nSPS) is 11.6. The largest absolute Gasteiger partial charge is 0.497 e. The maximum Gasteiger partial charge on any atom is 0.305 e. The number of hydrogen-bond donors (Lipinski definition) is 2. The van der Waals surface area contributed by atoms with Crippen molar-refractivity contribution in [3.63, 3.8) is 0 Å². The minimum absolute atomic E-state index is 0.284. The summed E-state index contributed by atoms with van der Waals surface area (Å²) in [5, 5.41) is 11.9. The lowest BCUT2D eigenvalue weighted by atomic mass is 10.0. The molecule has 1 unspecified atom stereocenters. The van der Waals surface area contributed by atoms with Gasteiger partial charge in [0.1, 0.15) is 11.5 Å². The highest BCUT2D eigenvalue weighted by molar-refractivity contribution is 7.18. The van der Waals surface area contributed by atoms with Gasteiger partial charge < -0.3 is 19.9 Å². The van der Waals surface area contributed by atoms with Crippen molar-refractivity contribution in [2.24, 2.45) is 0 Å². The number of nitrogens with one attached hydrogen (secondary N) is 1. The standard InChI is InChI=1S/C16H16ClNO5S/c1-22-9-3-4-10(12(7-9)23-2)11(8-15(19)20)18-16(21)13-5-6-14(17)24-13/h3-7,11H,8H2,1-2H3,(H,18,21)(H,19,20). The van der Waals surface area contributed by atoms with E-state index in [0.717, 1.165) is 11.3 Å². The van der Waals surface area contributed by atoms with Crippen molar-refractivity contribution in [3.05, 3.63) is 45.1 Å². The number of carbonyl (C=O) groups is 2. The van der Waals surface area contributed by atoms with Crippen LogP contribution >= 0.6 is 22.9 Å². The molecule has 2 aromatic rings. The van der Waals surface area contributed by atoms with Gasteiger partial charge in [0, 0.05) is 11.6 Å². The zero-order valence-electron chi connectivity index (χ0n) is 13.0. The molecule has 0 radical (unpaired) electrons. The van der Waals surface area contributed by atoms with Crippen molar-refractivity contribution in [1.82, 2.24) is 5.32 Å². The number of thiophene rings is 1. The van der Waals surface area contributed by atoms with Gasteiger partial charge in [-0.2, -0.15) is 0 Å². The molecule has 2 N–H and O–H groups in total. The molecule has 1 amide bonds. The Kier molecular flexibility index (Phi) is 6.05. The molecule has 0 fully saturated rings. The summed E-state index contributed by atoms with van der Waals surface area (Å²) in [6.07, 6.45) is -0.284. The lowest BCUT2D eigenvalue weighted by Crippen LogP contribution is -2.30. The Hall–Kier alpha value is -2.25. The zero-order valence-corrected chi connectivity index (χ0v) is 14.6. The number of methoxy groups -OCH3 is 2. The molecular formula is C16H16ClNO5S. The van der Waals surface area contributed by atoms with E-state index in [-0.39, 0.29) is 6.42 Å². The van der Waals surface area contributed by atoms with Crippen LogP contribution in [0.25, 0.3) is 0 Å². The van der Waals surface area contributed by atoms with Crippen molar-refractivity contribution >= 4 is 34.8 Å². The summed E-state index contributed by atoms with van der Waals surface area (Å²) in [5.74, 6) is -0.426. The van der Waals surface area contributed by atoms with Crippen LogP contribution in [0.4, 0.5) is 0 Å². The number of benzene rings is 1. The summed E-state index contributed by atoms with van der Waals surface area (Å²) in [4.78, 5) is 23.9. The zero-order chi connectivity index (χ0) is 17.7. The number of aliphatic carboxylic acids is 1. The smallest absolute Gasteiger partial charge is 0.305 e. The molecule has 0 saturated carbocycles. The van der Waals surface area contributed by atoms with Crippen molar-refractivity contribution in [2.75, 3.05) is 14.2 Å². The first-order valence-corrected chi connectivity index (χ1v) is 8.14. The highest BCUT2D eigenvalue weighted by Crippen LogP contribution is 2.32. The van der Waals surface area contributed by atoms with Gasteiger partial charge in [0.25, 0.3) is 5.91 Å². The van der Waals surface area contributed by atoms with Gasteiger partial charge in [0.05, 0.1) is 35.9 Å². The van der Waals surface area contributed by atoms with Crippen molar-refractivity contribution in [3.8, 4) is 11.5 Å². The van der Waals surface area contributed by atoms with E-state index in [9.17, 15) is 9.59 Å². The monoisotopic (exact) mass is 369 g/mol. The van der Waals surface area contributed by atoms with Crippen LogP contribution in [0.3, 0.4) is 0 Å². The minimum Gasteiger partial charge on any atom is -0.497 e. The molecule has 0 spiro atoms. The number of ether oxygens (including phenoxy) is 2. The third-order valence-corrected chi connectivity index (χ3v) is 4.53. The first-order chi connectivity index (χ1) is 11.4. The fourth-order valence-electron chi connectivity index (χ4n) is 2.19. The molecule has 0 aliphatic carbocycles. The Morgan fingerprint density at radius 3 is 2.54 bits per heavy atom. The highest BCUT2D eigenvalue weighted by Gasteiger charge is 2.23. The molecule has 1 aromatic heterocycles. The highest BCUT2D eigenvalue weighted by atomic mass is 35.5. The van der Waals surface area contributed by atoms with Crippen LogP contribution in [0.15, 0.2) is 30.3 Å². The third-order valence-electron chi connectivity index (χ3n) is 3.30. The van der Waals surface area contributed by atoms with Gasteiger partial charge in [-0.25, -0.2) is 0 Å². The van der Waals surface area contributed by atoms with Crippen LogP contribution < -0.4 is 14.8 Å². The topological polar surface area (TPSA) is 84.9 Å². The predicted molar refractivity (Wildman–Crippen MR) is 91.3 cm³/mol. The first kappa shape index (κ1) is 18.1. The van der Waals surface area contributed by atoms with Gasteiger partial charge in [-0.3, -0.25) is 9.59 Å². The van der Waals surface area contributed by atoms with Gasteiger partial charge in [0.15, 0.2) is 0 Å². The number of carboxylic acid groups (broad SMARTS) is 1. The molecule has 1 atom stereocenters. The molecule has 0 aliphatic rings. The van der Waals surface area contributed by atoms with E-state index in [1.165, 1.54) is 14.2 Å². The van der Waals surface area contributed by atoms with E-state index >= 15 is 0 Å². The predicted octanol–water partition coefficient (Wildman–Crippen LogP) is 3.36. The lowest BCUT2D eigenvalue weighted by molar-refractivity contribution is -0.137. The molecule has 0 bridgehead atoms. The minimum atomic E-state index is -1.04. The Balaban J connectivity index is 2.31. The van der Waals surface area contributed by atoms with Crippen molar-refractivity contribution < 1.29 is 24.2 Å².